The van der Waals surface area contributed by atoms with Crippen molar-refractivity contribution in [2.45, 2.75) is 62.6 Å². The molecule has 0 heterocycles. The summed E-state index contributed by atoms with van der Waals surface area (Å²) < 4.78 is 43.3. The summed E-state index contributed by atoms with van der Waals surface area (Å²) in [6, 6.07) is 16.8. The fourth-order valence-corrected chi connectivity index (χ4v) is 6.83. The van der Waals surface area contributed by atoms with Crippen LogP contribution in [0.2, 0.25) is 10.0 Å². The molecule has 0 spiro atoms. The minimum absolute atomic E-state index is 0.00678. The normalized spacial score (nSPS) is 14.7. The third-order valence-electron chi connectivity index (χ3n) is 7.16. The van der Waals surface area contributed by atoms with Crippen LogP contribution in [0.5, 0.6) is 0 Å². The second-order valence-corrected chi connectivity index (χ2v) is 12.8. The largest absolute Gasteiger partial charge is 0.352 e. The number of amides is 2. The van der Waals surface area contributed by atoms with Crippen molar-refractivity contribution in [3.05, 3.63) is 94.2 Å². The van der Waals surface area contributed by atoms with Gasteiger partial charge in [-0.3, -0.25) is 13.9 Å². The first-order valence-corrected chi connectivity index (χ1v) is 15.6. The number of nitrogens with one attached hydrogen (secondary N) is 1. The second kappa shape index (κ2) is 13.7. The van der Waals surface area contributed by atoms with Crippen molar-refractivity contribution in [2.24, 2.45) is 0 Å². The molecule has 0 bridgehead atoms. The first-order valence-electron chi connectivity index (χ1n) is 13.4. The van der Waals surface area contributed by atoms with E-state index >= 15 is 0 Å². The maximum Gasteiger partial charge on any atom is 0.264 e. The molecule has 1 fully saturated rings. The number of anilines is 1. The van der Waals surface area contributed by atoms with Gasteiger partial charge in [0.05, 0.1) is 10.6 Å². The van der Waals surface area contributed by atoms with E-state index < -0.39 is 34.3 Å². The molecule has 0 radical (unpaired) electrons. The summed E-state index contributed by atoms with van der Waals surface area (Å²) in [5.41, 5.74) is 0.270. The molecule has 11 heteroatoms. The Morgan fingerprint density at radius 3 is 2.20 bits per heavy atom. The summed E-state index contributed by atoms with van der Waals surface area (Å²) in [5, 5.41) is 3.37. The molecule has 0 aliphatic heterocycles. The summed E-state index contributed by atoms with van der Waals surface area (Å²) >= 11 is 12.4. The summed E-state index contributed by atoms with van der Waals surface area (Å²) in [6.07, 6.45) is 4.81. The molecule has 1 saturated carbocycles. The van der Waals surface area contributed by atoms with Gasteiger partial charge < -0.3 is 10.2 Å². The zero-order chi connectivity index (χ0) is 29.6. The van der Waals surface area contributed by atoms with Crippen LogP contribution in [0.1, 0.15) is 44.6 Å². The van der Waals surface area contributed by atoms with Gasteiger partial charge in [-0.05, 0) is 56.2 Å². The van der Waals surface area contributed by atoms with Gasteiger partial charge in [-0.15, -0.1) is 0 Å². The van der Waals surface area contributed by atoms with Crippen molar-refractivity contribution >= 4 is 50.7 Å². The summed E-state index contributed by atoms with van der Waals surface area (Å²) in [5.74, 6) is -1.62. The number of carbonyl (C=O) groups excluding carboxylic acids is 2. The molecule has 1 atom stereocenters. The van der Waals surface area contributed by atoms with Crippen molar-refractivity contribution in [2.75, 3.05) is 10.8 Å². The van der Waals surface area contributed by atoms with Gasteiger partial charge in [0.2, 0.25) is 11.8 Å². The number of benzene rings is 3. The minimum atomic E-state index is -4.27. The molecule has 3 aromatic carbocycles. The van der Waals surface area contributed by atoms with Crippen LogP contribution >= 0.6 is 23.2 Å². The third-order valence-corrected chi connectivity index (χ3v) is 9.39. The van der Waals surface area contributed by atoms with Crippen molar-refractivity contribution < 1.29 is 22.4 Å². The molecule has 3 aromatic rings. The highest BCUT2D eigenvalue weighted by molar-refractivity contribution is 7.92. The van der Waals surface area contributed by atoms with Crippen LogP contribution in [0.25, 0.3) is 0 Å². The van der Waals surface area contributed by atoms with Gasteiger partial charge in [0.1, 0.15) is 18.4 Å². The Bertz CT molecular complexity index is 1460. The van der Waals surface area contributed by atoms with E-state index in [1.807, 2.05) is 0 Å². The van der Waals surface area contributed by atoms with E-state index in [2.05, 4.69) is 5.32 Å². The standard InChI is InChI=1S/C30H32Cl2FN3O4S/c1-21(30(38)34-25-11-4-2-5-12-25)35(19-22-10-8-9-15-28(22)33)29(37)20-36(26-17-23(31)16-24(32)18-26)41(39,40)27-13-6-3-7-14-27/h3,6-10,13-18,21,25H,2,4-5,11-12,19-20H2,1H3,(H,34,38)/t21-/m0/s1. The molecule has 41 heavy (non-hydrogen) atoms. The SMILES string of the molecule is C[C@@H](C(=O)NC1CCCCC1)N(Cc1ccccc1F)C(=O)CN(c1cc(Cl)cc(Cl)c1)S(=O)(=O)c1ccccc1. The third kappa shape index (κ3) is 7.78. The Kier molecular flexibility index (Phi) is 10.3. The molecular formula is C30H32Cl2FN3O4S. The topological polar surface area (TPSA) is 86.8 Å². The van der Waals surface area contributed by atoms with Gasteiger partial charge in [0.25, 0.3) is 10.0 Å². The molecule has 7 nitrogen and oxygen atoms in total. The number of halogens is 3. The fourth-order valence-electron chi connectivity index (χ4n) is 4.89. The van der Waals surface area contributed by atoms with Gasteiger partial charge in [-0.25, -0.2) is 12.8 Å². The predicted molar refractivity (Wildman–Crippen MR) is 159 cm³/mol. The molecule has 1 aliphatic rings. The molecule has 0 unspecified atom stereocenters. The van der Waals surface area contributed by atoms with E-state index in [4.69, 9.17) is 23.2 Å². The lowest BCUT2D eigenvalue weighted by atomic mass is 9.95. The quantitative estimate of drug-likeness (QED) is 0.293. The van der Waals surface area contributed by atoms with Crippen molar-refractivity contribution in [1.29, 1.82) is 0 Å². The highest BCUT2D eigenvalue weighted by Crippen LogP contribution is 2.30. The maximum atomic E-state index is 14.7. The molecule has 218 valence electrons. The number of carbonyl (C=O) groups is 2. The zero-order valence-electron chi connectivity index (χ0n) is 22.6. The lowest BCUT2D eigenvalue weighted by molar-refractivity contribution is -0.139. The Balaban J connectivity index is 1.70. The van der Waals surface area contributed by atoms with Gasteiger partial charge in [-0.1, -0.05) is 78.9 Å². The number of hydrogen-bond acceptors (Lipinski definition) is 4. The second-order valence-electron chi connectivity index (χ2n) is 10.1. The lowest BCUT2D eigenvalue weighted by Crippen LogP contribution is -2.53. The van der Waals surface area contributed by atoms with Crippen molar-refractivity contribution in [1.82, 2.24) is 10.2 Å². The van der Waals surface area contributed by atoms with E-state index in [9.17, 15) is 22.4 Å². The first kappa shape index (κ1) is 30.8. The maximum absolute atomic E-state index is 14.7. The Hall–Kier alpha value is -3.14. The van der Waals surface area contributed by atoms with Gasteiger partial charge >= 0.3 is 0 Å². The van der Waals surface area contributed by atoms with E-state index in [0.717, 1.165) is 36.4 Å². The average Bonchev–Trinajstić information content (AvgIpc) is 2.95. The number of sulfonamides is 1. The number of hydrogen-bond donors (Lipinski definition) is 1. The number of rotatable bonds is 10. The van der Waals surface area contributed by atoms with Gasteiger partial charge in [-0.2, -0.15) is 0 Å². The van der Waals surface area contributed by atoms with Crippen LogP contribution in [0.3, 0.4) is 0 Å². The Morgan fingerprint density at radius 2 is 1.56 bits per heavy atom. The molecule has 1 aliphatic carbocycles. The van der Waals surface area contributed by atoms with Crippen LogP contribution < -0.4 is 9.62 Å². The lowest BCUT2D eigenvalue weighted by Gasteiger charge is -2.33. The van der Waals surface area contributed by atoms with Crippen LogP contribution in [0.4, 0.5) is 10.1 Å². The average molecular weight is 621 g/mol. The van der Waals surface area contributed by atoms with Crippen LogP contribution in [-0.4, -0.2) is 43.8 Å². The Labute approximate surface area is 250 Å². The van der Waals surface area contributed by atoms with E-state index in [1.54, 1.807) is 31.2 Å². The smallest absolute Gasteiger partial charge is 0.264 e. The molecular weight excluding hydrogens is 588 g/mol. The zero-order valence-corrected chi connectivity index (χ0v) is 24.9. The van der Waals surface area contributed by atoms with Crippen LogP contribution in [0, 0.1) is 5.82 Å². The molecule has 0 saturated heterocycles. The summed E-state index contributed by atoms with van der Waals surface area (Å²) in [7, 11) is -4.27. The van der Waals surface area contributed by atoms with Crippen LogP contribution in [-0.2, 0) is 26.2 Å². The van der Waals surface area contributed by atoms with Gasteiger partial charge in [0, 0.05) is 28.2 Å². The molecule has 1 N–H and O–H groups in total. The number of nitrogens with zero attached hydrogens (tertiary/aromatic N) is 2. The van der Waals surface area contributed by atoms with Gasteiger partial charge in [0.15, 0.2) is 0 Å². The van der Waals surface area contributed by atoms with Crippen molar-refractivity contribution in [3.8, 4) is 0 Å². The monoisotopic (exact) mass is 619 g/mol. The van der Waals surface area contributed by atoms with Crippen LogP contribution in [0.15, 0.2) is 77.7 Å². The first-order chi connectivity index (χ1) is 19.6. The molecule has 0 aromatic heterocycles. The molecule has 4 rings (SSSR count). The minimum Gasteiger partial charge on any atom is -0.352 e. The molecule has 2 amide bonds. The predicted octanol–water partition coefficient (Wildman–Crippen LogP) is 6.19. The van der Waals surface area contributed by atoms with E-state index in [1.165, 1.54) is 53.4 Å². The highest BCUT2D eigenvalue weighted by Gasteiger charge is 2.33. The van der Waals surface area contributed by atoms with E-state index in [0.29, 0.717) is 0 Å². The van der Waals surface area contributed by atoms with Crippen molar-refractivity contribution in [3.63, 3.8) is 0 Å². The van der Waals surface area contributed by atoms with E-state index in [-0.39, 0.29) is 44.7 Å². The fraction of sp³-hybridized carbons (Fsp3) is 0.333. The highest BCUT2D eigenvalue weighted by atomic mass is 35.5. The Morgan fingerprint density at radius 1 is 0.951 bits per heavy atom. The summed E-state index contributed by atoms with van der Waals surface area (Å²) in [4.78, 5) is 28.5. The summed E-state index contributed by atoms with van der Waals surface area (Å²) in [6.45, 7) is 0.646.